The summed E-state index contributed by atoms with van der Waals surface area (Å²) in [4.78, 5) is 0. The molecule has 0 amide bonds. The molecule has 2 rings (SSSR count). The molecule has 2 aromatic rings. The number of hydrogen-bond acceptors (Lipinski definition) is 5. The van der Waals surface area contributed by atoms with Crippen LogP contribution < -0.4 is 9.47 Å². The van der Waals surface area contributed by atoms with Crippen LogP contribution in [0.1, 0.15) is 37.3 Å². The molecule has 0 saturated heterocycles. The predicted octanol–water partition coefficient (Wildman–Crippen LogP) is 7.37. The normalized spacial score (nSPS) is 12.5. The first kappa shape index (κ1) is 27.7. The lowest BCUT2D eigenvalue weighted by Crippen LogP contribution is -2.24. The quantitative estimate of drug-likeness (QED) is 0.0929. The van der Waals surface area contributed by atoms with Crippen LogP contribution in [0.5, 0.6) is 11.5 Å². The minimum absolute atomic E-state index is 0.145. The topological polar surface area (TPSA) is 40.0 Å². The van der Waals surface area contributed by atoms with Gasteiger partial charge in [-0.15, -0.1) is 0 Å². The van der Waals surface area contributed by atoms with E-state index in [1.165, 1.54) is 48.5 Å². The number of halogens is 6. The number of hydrogen-bond donors (Lipinski definition) is 0. The van der Waals surface area contributed by atoms with E-state index in [-0.39, 0.29) is 24.3 Å². The second-order valence-electron chi connectivity index (χ2n) is 7.20. The number of alkyl halides is 6. The van der Waals surface area contributed by atoms with Crippen molar-refractivity contribution >= 4 is 17.8 Å². The number of ether oxygens (including phenoxy) is 2. The summed E-state index contributed by atoms with van der Waals surface area (Å²) in [5.41, 5.74) is -1.13. The zero-order valence-electron chi connectivity index (χ0n) is 18.4. The summed E-state index contributed by atoms with van der Waals surface area (Å²) in [7, 11) is 0. The average Bonchev–Trinajstić information content (AvgIpc) is 2.76. The van der Waals surface area contributed by atoms with Gasteiger partial charge in [0.1, 0.15) is 11.5 Å². The first-order valence-corrected chi connectivity index (χ1v) is 11.4. The van der Waals surface area contributed by atoms with Crippen molar-refractivity contribution in [3.8, 4) is 11.5 Å². The Morgan fingerprint density at radius 3 is 1.88 bits per heavy atom. The Labute approximate surface area is 198 Å². The summed E-state index contributed by atoms with van der Waals surface area (Å²) in [6.45, 7) is 2.46. The third-order valence-electron chi connectivity index (χ3n) is 4.31. The maximum Gasteiger partial charge on any atom is 0.437 e. The van der Waals surface area contributed by atoms with Crippen molar-refractivity contribution in [3.05, 3.63) is 59.7 Å². The second-order valence-corrected chi connectivity index (χ2v) is 7.99. The van der Waals surface area contributed by atoms with Gasteiger partial charge in [-0.25, -0.2) is 0 Å². The van der Waals surface area contributed by atoms with E-state index in [1.807, 2.05) is 6.92 Å². The van der Waals surface area contributed by atoms with Gasteiger partial charge in [0, 0.05) is 17.7 Å². The van der Waals surface area contributed by atoms with E-state index in [1.54, 1.807) is 0 Å². The molecule has 0 aliphatic heterocycles. The highest BCUT2D eigenvalue weighted by Crippen LogP contribution is 2.26. The van der Waals surface area contributed by atoms with Crippen LogP contribution in [0.3, 0.4) is 0 Å². The van der Waals surface area contributed by atoms with Crippen molar-refractivity contribution in [3.63, 3.8) is 0 Å². The van der Waals surface area contributed by atoms with Gasteiger partial charge in [0.25, 0.3) is 0 Å². The minimum atomic E-state index is -4.67. The lowest BCUT2D eigenvalue weighted by molar-refractivity contribution is -0.127. The molecular formula is C23H25F6NO3S. The molecule has 11 heteroatoms. The Morgan fingerprint density at radius 1 is 0.824 bits per heavy atom. The maximum absolute atomic E-state index is 13.3. The maximum atomic E-state index is 13.3. The highest BCUT2D eigenvalue weighted by molar-refractivity contribution is 7.94. The van der Waals surface area contributed by atoms with Gasteiger partial charge >= 0.3 is 12.4 Å². The Balaban J connectivity index is 1.78. The molecule has 0 radical (unpaired) electrons. The van der Waals surface area contributed by atoms with E-state index in [4.69, 9.17) is 13.8 Å². The van der Waals surface area contributed by atoms with E-state index < -0.39 is 24.5 Å². The fourth-order valence-corrected chi connectivity index (χ4v) is 3.26. The summed E-state index contributed by atoms with van der Waals surface area (Å²) >= 11 is 0.868. The van der Waals surface area contributed by atoms with E-state index in [2.05, 4.69) is 5.16 Å². The van der Waals surface area contributed by atoms with Gasteiger partial charge in [-0.3, -0.25) is 0 Å². The van der Waals surface area contributed by atoms with Crippen LogP contribution in [0, 0.1) is 0 Å². The highest BCUT2D eigenvalue weighted by atomic mass is 32.2. The molecule has 2 aromatic carbocycles. The zero-order valence-corrected chi connectivity index (χ0v) is 19.2. The second kappa shape index (κ2) is 13.4. The average molecular weight is 510 g/mol. The van der Waals surface area contributed by atoms with Gasteiger partial charge in [0.2, 0.25) is 0 Å². The van der Waals surface area contributed by atoms with Crippen LogP contribution in [0.4, 0.5) is 26.3 Å². The standard InChI is InChI=1S/C23H25F6NO3S/c1-2-3-15-34-33-30-21(23(27,28)29)18-7-11-20(12-8-18)32-14-4-13-31-19-9-5-17(6-10-19)16-22(24,25)26/h5-12H,2-4,13-16H2,1H3/b30-21-. The monoisotopic (exact) mass is 509 g/mol. The fraction of sp³-hybridized carbons (Fsp3) is 0.435. The summed E-state index contributed by atoms with van der Waals surface area (Å²) in [6.07, 6.45) is -7.76. The van der Waals surface area contributed by atoms with Gasteiger partial charge in [-0.1, -0.05) is 30.6 Å². The zero-order chi connectivity index (χ0) is 25.0. The molecule has 0 spiro atoms. The van der Waals surface area contributed by atoms with Gasteiger partial charge in [-0.2, -0.15) is 26.3 Å². The first-order chi connectivity index (χ1) is 16.1. The van der Waals surface area contributed by atoms with E-state index in [0.29, 0.717) is 23.7 Å². The van der Waals surface area contributed by atoms with Gasteiger partial charge in [0.15, 0.2) is 5.71 Å². The van der Waals surface area contributed by atoms with Crippen molar-refractivity contribution in [1.29, 1.82) is 0 Å². The lowest BCUT2D eigenvalue weighted by Gasteiger charge is -2.12. The van der Waals surface area contributed by atoms with Crippen LogP contribution >= 0.6 is 12.0 Å². The number of nitrogens with zero attached hydrogens (tertiary/aromatic N) is 1. The molecule has 0 atom stereocenters. The van der Waals surface area contributed by atoms with E-state index in [9.17, 15) is 26.3 Å². The summed E-state index contributed by atoms with van der Waals surface area (Å²) in [6, 6.07) is 10.9. The van der Waals surface area contributed by atoms with Crippen molar-refractivity contribution < 1.29 is 40.1 Å². The van der Waals surface area contributed by atoms with Crippen LogP contribution in [0.25, 0.3) is 0 Å². The summed E-state index contributed by atoms with van der Waals surface area (Å²) < 4.78 is 92.7. The molecule has 0 fully saturated rings. The van der Waals surface area contributed by atoms with E-state index >= 15 is 0 Å². The number of unbranched alkanes of at least 4 members (excludes halogenated alkanes) is 1. The molecule has 188 valence electrons. The Kier molecular flexibility index (Phi) is 10.9. The fourth-order valence-electron chi connectivity index (χ4n) is 2.66. The van der Waals surface area contributed by atoms with Crippen molar-refractivity contribution in [2.45, 2.75) is 45.0 Å². The Hall–Kier alpha value is -2.56. The van der Waals surface area contributed by atoms with Crippen molar-refractivity contribution in [2.75, 3.05) is 19.0 Å². The molecule has 0 aliphatic carbocycles. The highest BCUT2D eigenvalue weighted by Gasteiger charge is 2.38. The Morgan fingerprint density at radius 2 is 1.38 bits per heavy atom. The minimum Gasteiger partial charge on any atom is -0.493 e. The van der Waals surface area contributed by atoms with Crippen LogP contribution in [-0.2, 0) is 10.7 Å². The summed E-state index contributed by atoms with van der Waals surface area (Å²) in [5.74, 6) is 1.36. The molecule has 0 aliphatic rings. The molecule has 0 saturated carbocycles. The molecule has 0 unspecified atom stereocenters. The summed E-state index contributed by atoms with van der Waals surface area (Å²) in [5, 5.41) is 3.25. The molecule has 4 nitrogen and oxygen atoms in total. The number of benzene rings is 2. The first-order valence-electron chi connectivity index (χ1n) is 10.5. The van der Waals surface area contributed by atoms with Crippen LogP contribution in [0.15, 0.2) is 53.7 Å². The van der Waals surface area contributed by atoms with Gasteiger partial charge < -0.3 is 13.8 Å². The van der Waals surface area contributed by atoms with Crippen molar-refractivity contribution in [2.24, 2.45) is 5.16 Å². The van der Waals surface area contributed by atoms with E-state index in [0.717, 1.165) is 24.9 Å². The van der Waals surface area contributed by atoms with Crippen molar-refractivity contribution in [1.82, 2.24) is 0 Å². The number of oxime groups is 1. The SMILES string of the molecule is CCCCSO/N=C(/c1ccc(OCCCOc2ccc(CC(F)(F)F)cc2)cc1)C(F)(F)F. The largest absolute Gasteiger partial charge is 0.493 e. The van der Waals surface area contributed by atoms with Crippen LogP contribution in [-0.4, -0.2) is 37.0 Å². The molecule has 34 heavy (non-hydrogen) atoms. The van der Waals surface area contributed by atoms with Crippen LogP contribution in [0.2, 0.25) is 0 Å². The molecule has 0 bridgehead atoms. The molecular weight excluding hydrogens is 484 g/mol. The third-order valence-corrected chi connectivity index (χ3v) is 4.95. The third kappa shape index (κ3) is 10.6. The van der Waals surface area contributed by atoms with Gasteiger partial charge in [-0.05, 0) is 48.4 Å². The molecule has 0 heterocycles. The molecule has 0 N–H and O–H groups in total. The number of rotatable bonds is 13. The smallest absolute Gasteiger partial charge is 0.437 e. The van der Waals surface area contributed by atoms with Gasteiger partial charge in [0.05, 0.1) is 31.7 Å². The predicted molar refractivity (Wildman–Crippen MR) is 119 cm³/mol. The Bertz CT molecular complexity index is 884. The molecule has 0 aromatic heterocycles. The lowest BCUT2D eigenvalue weighted by atomic mass is 10.1.